The third-order valence-corrected chi connectivity index (χ3v) is 5.75. The van der Waals surface area contributed by atoms with Crippen molar-refractivity contribution < 1.29 is 5.11 Å². The molecule has 0 radical (unpaired) electrons. The van der Waals surface area contributed by atoms with Crippen LogP contribution in [0.4, 0.5) is 11.4 Å². The summed E-state index contributed by atoms with van der Waals surface area (Å²) < 4.78 is 0.869. The predicted octanol–water partition coefficient (Wildman–Crippen LogP) is 5.73. The van der Waals surface area contributed by atoms with E-state index in [1.807, 2.05) is 18.2 Å². The number of pyridine rings is 2. The fraction of sp³-hybridized carbons (Fsp3) is 0.333. The van der Waals surface area contributed by atoms with Crippen molar-refractivity contribution in [3.05, 3.63) is 51.7 Å². The minimum absolute atomic E-state index is 0.227. The van der Waals surface area contributed by atoms with E-state index >= 15 is 0 Å². The van der Waals surface area contributed by atoms with Crippen molar-refractivity contribution in [2.45, 2.75) is 26.3 Å². The number of rotatable bonds is 4. The zero-order chi connectivity index (χ0) is 19.7. The van der Waals surface area contributed by atoms with Crippen LogP contribution in [-0.4, -0.2) is 33.1 Å². The summed E-state index contributed by atoms with van der Waals surface area (Å²) in [4.78, 5) is 11.2. The summed E-state index contributed by atoms with van der Waals surface area (Å²) >= 11 is 9.79. The fourth-order valence-corrected chi connectivity index (χ4v) is 4.35. The van der Waals surface area contributed by atoms with Gasteiger partial charge in [0.25, 0.3) is 0 Å². The molecule has 1 aliphatic heterocycles. The number of nitrogens with one attached hydrogen (secondary N) is 1. The zero-order valence-electron chi connectivity index (χ0n) is 15.6. The third-order valence-electron chi connectivity index (χ3n) is 5.10. The van der Waals surface area contributed by atoms with Gasteiger partial charge in [0.05, 0.1) is 16.9 Å². The molecule has 5 nitrogen and oxygen atoms in total. The van der Waals surface area contributed by atoms with Crippen LogP contribution in [0.1, 0.15) is 25.3 Å². The highest BCUT2D eigenvalue weighted by molar-refractivity contribution is 9.10. The topological polar surface area (TPSA) is 61.3 Å². The molecule has 3 aromatic rings. The Kier molecular flexibility index (Phi) is 5.71. The van der Waals surface area contributed by atoms with Crippen LogP contribution < -0.4 is 5.32 Å². The maximum atomic E-state index is 10.9. The van der Waals surface area contributed by atoms with Gasteiger partial charge in [-0.05, 0) is 65.5 Å². The van der Waals surface area contributed by atoms with E-state index in [2.05, 4.69) is 43.0 Å². The molecule has 0 saturated carbocycles. The molecular weight excluding hydrogens is 440 g/mol. The number of nitrogens with zero attached hydrogens (tertiary/aromatic N) is 3. The lowest BCUT2D eigenvalue weighted by atomic mass is 9.99. The highest BCUT2D eigenvalue weighted by Crippen LogP contribution is 2.36. The average molecular weight is 462 g/mol. The maximum absolute atomic E-state index is 10.9. The molecule has 1 fully saturated rings. The van der Waals surface area contributed by atoms with Crippen molar-refractivity contribution in [3.8, 4) is 5.75 Å². The van der Waals surface area contributed by atoms with E-state index in [-0.39, 0.29) is 5.75 Å². The van der Waals surface area contributed by atoms with Gasteiger partial charge in [0.2, 0.25) is 0 Å². The lowest BCUT2D eigenvalue weighted by molar-refractivity contribution is 0.175. The van der Waals surface area contributed by atoms with Gasteiger partial charge in [-0.3, -0.25) is 14.9 Å². The van der Waals surface area contributed by atoms with E-state index < -0.39 is 0 Å². The van der Waals surface area contributed by atoms with Crippen LogP contribution >= 0.6 is 27.5 Å². The Morgan fingerprint density at radius 1 is 1.29 bits per heavy atom. The van der Waals surface area contributed by atoms with E-state index in [0.717, 1.165) is 39.8 Å². The van der Waals surface area contributed by atoms with Gasteiger partial charge < -0.3 is 10.4 Å². The molecule has 28 heavy (non-hydrogen) atoms. The number of likely N-dealkylation sites (tertiary alicyclic amines) is 1. The number of aromatic hydroxyl groups is 1. The summed E-state index contributed by atoms with van der Waals surface area (Å²) in [5.74, 6) is 0.908. The van der Waals surface area contributed by atoms with Gasteiger partial charge in [-0.1, -0.05) is 18.5 Å². The Bertz CT molecular complexity index is 1010. The first-order chi connectivity index (χ1) is 13.5. The lowest BCUT2D eigenvalue weighted by Crippen LogP contribution is -2.33. The monoisotopic (exact) mass is 460 g/mol. The van der Waals surface area contributed by atoms with Crippen LogP contribution in [0.5, 0.6) is 5.75 Å². The van der Waals surface area contributed by atoms with Crippen LogP contribution in [0.15, 0.2) is 41.1 Å². The van der Waals surface area contributed by atoms with E-state index in [9.17, 15) is 5.11 Å². The van der Waals surface area contributed by atoms with Gasteiger partial charge in [0, 0.05) is 40.5 Å². The second-order valence-corrected chi connectivity index (χ2v) is 8.80. The molecule has 1 aliphatic rings. The number of anilines is 2. The Balaban J connectivity index is 1.64. The molecule has 0 bridgehead atoms. The minimum Gasteiger partial charge on any atom is -0.505 e. The van der Waals surface area contributed by atoms with Gasteiger partial charge in [-0.25, -0.2) is 0 Å². The fourth-order valence-electron chi connectivity index (χ4n) is 3.79. The normalized spacial score (nSPS) is 17.8. The van der Waals surface area contributed by atoms with Crippen molar-refractivity contribution in [2.75, 3.05) is 18.4 Å². The van der Waals surface area contributed by atoms with E-state index in [1.165, 1.54) is 12.8 Å². The standard InChI is InChI=1S/C21H22BrClN4O/c1-13-3-2-6-27(11-13)12-14-7-16(23)9-19(21(14)28)26-17-4-5-24-18-8-15(22)10-25-20(17)18/h4-5,7-10,13,28H,2-3,6,11-12H2,1H3,(H,24,26). The number of hydrogen-bond donors (Lipinski definition) is 2. The largest absolute Gasteiger partial charge is 0.505 e. The molecule has 2 aromatic heterocycles. The molecule has 1 atom stereocenters. The number of fused-ring (bicyclic) bond motifs is 1. The van der Waals surface area contributed by atoms with Gasteiger partial charge in [-0.2, -0.15) is 0 Å². The number of aromatic nitrogens is 2. The predicted molar refractivity (Wildman–Crippen MR) is 117 cm³/mol. The molecule has 2 N–H and O–H groups in total. The van der Waals surface area contributed by atoms with Crippen molar-refractivity contribution in [3.63, 3.8) is 0 Å². The van der Waals surface area contributed by atoms with Crippen LogP contribution in [-0.2, 0) is 6.54 Å². The SMILES string of the molecule is CC1CCCN(Cc2cc(Cl)cc(Nc3ccnc4cc(Br)cnc34)c2O)C1. The number of phenolic OH excluding ortho intramolecular Hbond substituents is 1. The van der Waals surface area contributed by atoms with Gasteiger partial charge in [0.15, 0.2) is 0 Å². The highest BCUT2D eigenvalue weighted by Gasteiger charge is 2.19. The zero-order valence-corrected chi connectivity index (χ0v) is 18.0. The lowest BCUT2D eigenvalue weighted by Gasteiger charge is -2.31. The molecule has 0 spiro atoms. The van der Waals surface area contributed by atoms with E-state index in [0.29, 0.717) is 23.2 Å². The summed E-state index contributed by atoms with van der Waals surface area (Å²) in [7, 11) is 0. The van der Waals surface area contributed by atoms with Gasteiger partial charge in [0.1, 0.15) is 11.3 Å². The second kappa shape index (κ2) is 8.23. The van der Waals surface area contributed by atoms with Gasteiger partial charge >= 0.3 is 0 Å². The Labute approximate surface area is 177 Å². The van der Waals surface area contributed by atoms with Crippen molar-refractivity contribution in [1.82, 2.24) is 14.9 Å². The number of hydrogen-bond acceptors (Lipinski definition) is 5. The third kappa shape index (κ3) is 4.24. The molecule has 3 heterocycles. The molecule has 0 amide bonds. The van der Waals surface area contributed by atoms with Crippen molar-refractivity contribution >= 4 is 49.9 Å². The number of benzene rings is 1. The van der Waals surface area contributed by atoms with Crippen LogP contribution in [0.3, 0.4) is 0 Å². The smallest absolute Gasteiger partial charge is 0.143 e. The first-order valence-electron chi connectivity index (χ1n) is 9.40. The second-order valence-electron chi connectivity index (χ2n) is 7.45. The van der Waals surface area contributed by atoms with Crippen LogP contribution in [0.2, 0.25) is 5.02 Å². The Morgan fingerprint density at radius 3 is 2.96 bits per heavy atom. The Morgan fingerprint density at radius 2 is 2.14 bits per heavy atom. The van der Waals surface area contributed by atoms with Crippen molar-refractivity contribution in [2.24, 2.45) is 5.92 Å². The van der Waals surface area contributed by atoms with Crippen molar-refractivity contribution in [1.29, 1.82) is 0 Å². The average Bonchev–Trinajstić information content (AvgIpc) is 2.65. The maximum Gasteiger partial charge on any atom is 0.143 e. The first kappa shape index (κ1) is 19.4. The summed E-state index contributed by atoms with van der Waals surface area (Å²) in [6.07, 6.45) is 5.91. The molecule has 146 valence electrons. The number of phenols is 1. The summed E-state index contributed by atoms with van der Waals surface area (Å²) in [5.41, 5.74) is 3.68. The molecule has 7 heteroatoms. The highest BCUT2D eigenvalue weighted by atomic mass is 79.9. The Hall–Kier alpha value is -1.89. The minimum atomic E-state index is 0.227. The molecule has 1 aromatic carbocycles. The first-order valence-corrected chi connectivity index (χ1v) is 10.6. The quantitative estimate of drug-likeness (QED) is 0.486. The summed E-state index contributed by atoms with van der Waals surface area (Å²) in [6.45, 7) is 5.06. The number of piperidine rings is 1. The van der Waals surface area contributed by atoms with Gasteiger partial charge in [-0.15, -0.1) is 0 Å². The summed E-state index contributed by atoms with van der Waals surface area (Å²) in [5, 5.41) is 14.8. The van der Waals surface area contributed by atoms with Crippen LogP contribution in [0, 0.1) is 5.92 Å². The van der Waals surface area contributed by atoms with E-state index in [4.69, 9.17) is 11.6 Å². The molecule has 4 rings (SSSR count). The molecular formula is C21H22BrClN4O. The van der Waals surface area contributed by atoms with Crippen LogP contribution in [0.25, 0.3) is 11.0 Å². The molecule has 0 aliphatic carbocycles. The molecule has 1 unspecified atom stereocenters. The number of halogens is 2. The molecule has 1 saturated heterocycles. The summed E-state index contributed by atoms with van der Waals surface area (Å²) in [6, 6.07) is 7.34. The van der Waals surface area contributed by atoms with E-state index in [1.54, 1.807) is 18.5 Å².